The van der Waals surface area contributed by atoms with Crippen LogP contribution in [0.25, 0.3) is 0 Å². The first-order chi connectivity index (χ1) is 6.95. The maximum atomic E-state index is 10.4. The van der Waals surface area contributed by atoms with E-state index >= 15 is 0 Å². The van der Waals surface area contributed by atoms with E-state index in [2.05, 4.69) is 35.2 Å². The summed E-state index contributed by atoms with van der Waals surface area (Å²) in [5.74, 6) is -0.693. The zero-order valence-electron chi connectivity index (χ0n) is 9.09. The Balaban J connectivity index is 0. The maximum Gasteiger partial charge on any atom is 0.244 e. The van der Waals surface area contributed by atoms with Gasteiger partial charge < -0.3 is 11.5 Å². The highest BCUT2D eigenvalue weighted by Gasteiger charge is 1.98. The SMILES string of the molecule is C=C(CCCCC)C(N)=O.NC(=O)CBr. The van der Waals surface area contributed by atoms with Crippen LogP contribution in [0.5, 0.6) is 0 Å². The van der Waals surface area contributed by atoms with Crippen molar-refractivity contribution in [3.63, 3.8) is 0 Å². The third-order valence-electron chi connectivity index (χ3n) is 1.56. The quantitative estimate of drug-likeness (QED) is 0.438. The van der Waals surface area contributed by atoms with Gasteiger partial charge in [0.05, 0.1) is 5.33 Å². The number of primary amides is 2. The van der Waals surface area contributed by atoms with Gasteiger partial charge in [-0.15, -0.1) is 0 Å². The van der Waals surface area contributed by atoms with Gasteiger partial charge in [0.25, 0.3) is 0 Å². The summed E-state index contributed by atoms with van der Waals surface area (Å²) in [6, 6.07) is 0. The Morgan fingerprint density at radius 1 is 1.27 bits per heavy atom. The second kappa shape index (κ2) is 11.2. The molecular formula is C10H19BrN2O2. The van der Waals surface area contributed by atoms with Crippen molar-refractivity contribution < 1.29 is 9.59 Å². The Morgan fingerprint density at radius 2 is 1.73 bits per heavy atom. The Kier molecular flexibility index (Phi) is 12.4. The van der Waals surface area contributed by atoms with Crippen molar-refractivity contribution in [2.24, 2.45) is 11.5 Å². The summed E-state index contributed by atoms with van der Waals surface area (Å²) in [5.41, 5.74) is 10.1. The topological polar surface area (TPSA) is 86.2 Å². The number of alkyl halides is 1. The second-order valence-electron chi connectivity index (χ2n) is 3.02. The lowest BCUT2D eigenvalue weighted by atomic mass is 10.1. The molecule has 0 aliphatic rings. The van der Waals surface area contributed by atoms with Crippen LogP contribution in [0.15, 0.2) is 12.2 Å². The molecule has 0 spiro atoms. The highest BCUT2D eigenvalue weighted by Crippen LogP contribution is 2.05. The molecule has 0 radical (unpaired) electrons. The van der Waals surface area contributed by atoms with Gasteiger partial charge in [0.2, 0.25) is 11.8 Å². The van der Waals surface area contributed by atoms with Gasteiger partial charge in [-0.2, -0.15) is 0 Å². The predicted molar refractivity (Wildman–Crippen MR) is 65.5 cm³/mol. The first-order valence-electron chi connectivity index (χ1n) is 4.77. The fourth-order valence-corrected chi connectivity index (χ4v) is 0.712. The zero-order valence-corrected chi connectivity index (χ0v) is 10.7. The lowest BCUT2D eigenvalue weighted by Crippen LogP contribution is -2.12. The van der Waals surface area contributed by atoms with Crippen LogP contribution < -0.4 is 11.5 Å². The van der Waals surface area contributed by atoms with Crippen molar-refractivity contribution in [2.45, 2.75) is 32.6 Å². The normalized spacial score (nSPS) is 8.67. The number of carbonyl (C=O) groups excluding carboxylic acids is 2. The number of rotatable bonds is 6. The van der Waals surface area contributed by atoms with Crippen LogP contribution in [0.1, 0.15) is 32.6 Å². The summed E-state index contributed by atoms with van der Waals surface area (Å²) >= 11 is 2.84. The van der Waals surface area contributed by atoms with E-state index in [-0.39, 0.29) is 17.1 Å². The van der Waals surface area contributed by atoms with Crippen LogP contribution in [0.4, 0.5) is 0 Å². The summed E-state index contributed by atoms with van der Waals surface area (Å²) in [6.07, 6.45) is 4.08. The van der Waals surface area contributed by atoms with E-state index < -0.39 is 0 Å². The molecule has 0 bridgehead atoms. The van der Waals surface area contributed by atoms with Crippen LogP contribution in [0.2, 0.25) is 0 Å². The van der Waals surface area contributed by atoms with E-state index in [4.69, 9.17) is 5.73 Å². The van der Waals surface area contributed by atoms with Crippen LogP contribution in [-0.4, -0.2) is 17.1 Å². The first-order valence-corrected chi connectivity index (χ1v) is 5.89. The molecule has 0 saturated heterocycles. The third-order valence-corrected chi connectivity index (χ3v) is 2.11. The Labute approximate surface area is 99.2 Å². The van der Waals surface area contributed by atoms with Gasteiger partial charge in [0.1, 0.15) is 0 Å². The lowest BCUT2D eigenvalue weighted by Gasteiger charge is -1.98. The number of halogens is 1. The highest BCUT2D eigenvalue weighted by molar-refractivity contribution is 9.09. The van der Waals surface area contributed by atoms with Gasteiger partial charge in [-0.25, -0.2) is 0 Å². The molecule has 4 N–H and O–H groups in total. The van der Waals surface area contributed by atoms with E-state index in [0.717, 1.165) is 25.7 Å². The number of carbonyl (C=O) groups is 2. The highest BCUT2D eigenvalue weighted by atomic mass is 79.9. The summed E-state index contributed by atoms with van der Waals surface area (Å²) in [6.45, 7) is 5.67. The summed E-state index contributed by atoms with van der Waals surface area (Å²) in [7, 11) is 0. The molecule has 0 aliphatic carbocycles. The molecule has 0 atom stereocenters. The molecule has 0 aromatic carbocycles. The van der Waals surface area contributed by atoms with Crippen LogP contribution >= 0.6 is 15.9 Å². The molecule has 0 aromatic heterocycles. The molecule has 15 heavy (non-hydrogen) atoms. The molecule has 88 valence electrons. The van der Waals surface area contributed by atoms with Crippen molar-refractivity contribution in [1.82, 2.24) is 0 Å². The molecule has 2 amide bonds. The monoisotopic (exact) mass is 278 g/mol. The van der Waals surface area contributed by atoms with Crippen molar-refractivity contribution in [1.29, 1.82) is 0 Å². The number of hydrogen-bond acceptors (Lipinski definition) is 2. The zero-order chi connectivity index (χ0) is 12.3. The molecule has 0 heterocycles. The molecule has 0 unspecified atom stereocenters. The number of hydrogen-bond donors (Lipinski definition) is 2. The van der Waals surface area contributed by atoms with Crippen molar-refractivity contribution in [3.8, 4) is 0 Å². The molecule has 0 aromatic rings. The molecule has 5 heteroatoms. The molecule has 0 aliphatic heterocycles. The summed E-state index contributed by atoms with van der Waals surface area (Å²) < 4.78 is 0. The minimum atomic E-state index is -0.365. The maximum absolute atomic E-state index is 10.4. The van der Waals surface area contributed by atoms with Gasteiger partial charge in [0, 0.05) is 5.57 Å². The Hall–Kier alpha value is -0.840. The van der Waals surface area contributed by atoms with Crippen molar-refractivity contribution in [3.05, 3.63) is 12.2 Å². The van der Waals surface area contributed by atoms with Crippen LogP contribution in [0, 0.1) is 0 Å². The van der Waals surface area contributed by atoms with Crippen LogP contribution in [0.3, 0.4) is 0 Å². The van der Waals surface area contributed by atoms with E-state index in [1.807, 2.05) is 0 Å². The average Bonchev–Trinajstić information content (AvgIpc) is 2.18. The number of nitrogens with two attached hydrogens (primary N) is 2. The molecule has 0 fully saturated rings. The fraction of sp³-hybridized carbons (Fsp3) is 0.600. The second-order valence-corrected chi connectivity index (χ2v) is 3.59. The predicted octanol–water partition coefficient (Wildman–Crippen LogP) is 1.47. The Bertz CT molecular complexity index is 217. The number of unbranched alkanes of at least 4 members (excludes halogenated alkanes) is 2. The fourth-order valence-electron chi connectivity index (χ4n) is 0.712. The van der Waals surface area contributed by atoms with E-state index in [9.17, 15) is 9.59 Å². The smallest absolute Gasteiger partial charge is 0.244 e. The molecular weight excluding hydrogens is 260 g/mol. The Morgan fingerprint density at radius 3 is 2.00 bits per heavy atom. The van der Waals surface area contributed by atoms with Crippen molar-refractivity contribution in [2.75, 3.05) is 5.33 Å². The minimum absolute atomic E-state index is 0.257. The van der Waals surface area contributed by atoms with Gasteiger partial charge in [-0.3, -0.25) is 9.59 Å². The van der Waals surface area contributed by atoms with Gasteiger partial charge in [-0.1, -0.05) is 42.3 Å². The van der Waals surface area contributed by atoms with Gasteiger partial charge in [-0.05, 0) is 12.8 Å². The molecule has 4 nitrogen and oxygen atoms in total. The van der Waals surface area contributed by atoms with Crippen LogP contribution in [-0.2, 0) is 9.59 Å². The van der Waals surface area contributed by atoms with E-state index in [1.165, 1.54) is 0 Å². The number of amides is 2. The van der Waals surface area contributed by atoms with Crippen molar-refractivity contribution >= 4 is 27.7 Å². The molecule has 0 saturated carbocycles. The minimum Gasteiger partial charge on any atom is -0.369 e. The summed E-state index contributed by atoms with van der Waals surface area (Å²) in [5, 5.41) is 0.257. The van der Waals surface area contributed by atoms with Gasteiger partial charge >= 0.3 is 0 Å². The van der Waals surface area contributed by atoms with Gasteiger partial charge in [0.15, 0.2) is 0 Å². The third kappa shape index (κ3) is 15.9. The summed E-state index contributed by atoms with van der Waals surface area (Å²) in [4.78, 5) is 20.0. The standard InChI is InChI=1S/C8H15NO.C2H4BrNO/c1-3-4-5-6-7(2)8(9)10;3-1-2(4)5/h2-6H2,1H3,(H2,9,10);1H2,(H2,4,5). The molecule has 0 rings (SSSR count). The van der Waals surface area contributed by atoms with E-state index in [1.54, 1.807) is 0 Å². The average molecular weight is 279 g/mol. The van der Waals surface area contributed by atoms with E-state index in [0.29, 0.717) is 5.57 Å². The first kappa shape index (κ1) is 16.6. The lowest BCUT2D eigenvalue weighted by molar-refractivity contribution is -0.116. The largest absolute Gasteiger partial charge is 0.369 e.